The van der Waals surface area contributed by atoms with Crippen LogP contribution in [0.5, 0.6) is 11.5 Å². The van der Waals surface area contributed by atoms with Gasteiger partial charge in [-0.05, 0) is 18.1 Å². The van der Waals surface area contributed by atoms with E-state index >= 15 is 0 Å². The van der Waals surface area contributed by atoms with Crippen LogP contribution in [-0.4, -0.2) is 19.8 Å². The van der Waals surface area contributed by atoms with Crippen molar-refractivity contribution in [3.63, 3.8) is 0 Å². The van der Waals surface area contributed by atoms with Gasteiger partial charge in [0.2, 0.25) is 0 Å². The molecule has 0 bridgehead atoms. The Morgan fingerprint density at radius 2 is 1.93 bits per heavy atom. The standard InChI is InChI=1S/C11H14N2O2/c12-8-1-2-13-9-6-11-10(5-7(8)9)14-3-4-15-11/h5-6,8,13H,1-4,12H2. The van der Waals surface area contributed by atoms with E-state index in [4.69, 9.17) is 15.2 Å². The van der Waals surface area contributed by atoms with E-state index in [9.17, 15) is 0 Å². The third-order valence-corrected chi connectivity index (χ3v) is 2.88. The molecule has 1 atom stereocenters. The fourth-order valence-corrected chi connectivity index (χ4v) is 2.08. The van der Waals surface area contributed by atoms with Crippen LogP contribution in [0.15, 0.2) is 12.1 Å². The van der Waals surface area contributed by atoms with E-state index in [-0.39, 0.29) is 6.04 Å². The molecule has 0 amide bonds. The summed E-state index contributed by atoms with van der Waals surface area (Å²) in [5.74, 6) is 1.64. The van der Waals surface area contributed by atoms with Gasteiger partial charge in [-0.15, -0.1) is 0 Å². The predicted molar refractivity (Wildman–Crippen MR) is 57.5 cm³/mol. The average Bonchev–Trinajstić information content (AvgIpc) is 2.27. The van der Waals surface area contributed by atoms with Crippen molar-refractivity contribution in [2.75, 3.05) is 25.1 Å². The van der Waals surface area contributed by atoms with Crippen LogP contribution in [0.3, 0.4) is 0 Å². The maximum atomic E-state index is 6.04. The van der Waals surface area contributed by atoms with Crippen LogP contribution in [0.25, 0.3) is 0 Å². The number of nitrogens with one attached hydrogen (secondary N) is 1. The summed E-state index contributed by atoms with van der Waals surface area (Å²) in [5, 5.41) is 3.33. The quantitative estimate of drug-likeness (QED) is 0.671. The van der Waals surface area contributed by atoms with Crippen molar-refractivity contribution in [1.29, 1.82) is 0 Å². The molecule has 1 aromatic rings. The monoisotopic (exact) mass is 206 g/mol. The minimum absolute atomic E-state index is 0.108. The number of fused-ring (bicyclic) bond motifs is 2. The Bertz CT molecular complexity index is 392. The van der Waals surface area contributed by atoms with Crippen LogP contribution in [0.1, 0.15) is 18.0 Å². The van der Waals surface area contributed by atoms with Crippen molar-refractivity contribution in [2.24, 2.45) is 5.73 Å². The average molecular weight is 206 g/mol. The lowest BCUT2D eigenvalue weighted by atomic mass is 9.98. The Morgan fingerprint density at radius 1 is 1.20 bits per heavy atom. The first-order chi connectivity index (χ1) is 7.34. The lowest BCUT2D eigenvalue weighted by molar-refractivity contribution is 0.171. The SMILES string of the molecule is NC1CCNc2cc3c(cc21)OCCO3. The maximum Gasteiger partial charge on any atom is 0.163 e. The number of hydrogen-bond donors (Lipinski definition) is 2. The molecule has 3 rings (SSSR count). The molecule has 2 aliphatic heterocycles. The normalized spacial score (nSPS) is 22.9. The van der Waals surface area contributed by atoms with E-state index in [2.05, 4.69) is 5.32 Å². The van der Waals surface area contributed by atoms with Crippen molar-refractivity contribution in [3.05, 3.63) is 17.7 Å². The summed E-state index contributed by atoms with van der Waals surface area (Å²) >= 11 is 0. The Balaban J connectivity index is 2.08. The molecule has 0 spiro atoms. The molecule has 0 aliphatic carbocycles. The Kier molecular flexibility index (Phi) is 1.95. The van der Waals surface area contributed by atoms with Gasteiger partial charge in [0.25, 0.3) is 0 Å². The zero-order chi connectivity index (χ0) is 10.3. The molecule has 4 nitrogen and oxygen atoms in total. The molecule has 15 heavy (non-hydrogen) atoms. The highest BCUT2D eigenvalue weighted by Gasteiger charge is 2.21. The number of rotatable bonds is 0. The van der Waals surface area contributed by atoms with Gasteiger partial charge in [0, 0.05) is 24.3 Å². The number of benzene rings is 1. The molecule has 0 saturated carbocycles. The first kappa shape index (κ1) is 8.85. The molecule has 0 radical (unpaired) electrons. The molecule has 0 aromatic heterocycles. The van der Waals surface area contributed by atoms with Crippen LogP contribution in [-0.2, 0) is 0 Å². The maximum absolute atomic E-state index is 6.04. The van der Waals surface area contributed by atoms with Gasteiger partial charge in [0.15, 0.2) is 11.5 Å². The molecule has 0 fully saturated rings. The smallest absolute Gasteiger partial charge is 0.163 e. The van der Waals surface area contributed by atoms with Crippen LogP contribution >= 0.6 is 0 Å². The molecule has 0 saturated heterocycles. The Labute approximate surface area is 88.4 Å². The van der Waals surface area contributed by atoms with Crippen LogP contribution < -0.4 is 20.5 Å². The Morgan fingerprint density at radius 3 is 2.73 bits per heavy atom. The summed E-state index contributed by atoms with van der Waals surface area (Å²) in [4.78, 5) is 0. The van der Waals surface area contributed by atoms with Gasteiger partial charge in [-0.2, -0.15) is 0 Å². The zero-order valence-corrected chi connectivity index (χ0v) is 8.45. The first-order valence-electron chi connectivity index (χ1n) is 5.27. The van der Waals surface area contributed by atoms with Gasteiger partial charge >= 0.3 is 0 Å². The van der Waals surface area contributed by atoms with Crippen molar-refractivity contribution in [1.82, 2.24) is 0 Å². The highest BCUT2D eigenvalue weighted by atomic mass is 16.6. The molecule has 1 unspecified atom stereocenters. The van der Waals surface area contributed by atoms with Gasteiger partial charge in [-0.3, -0.25) is 0 Å². The first-order valence-corrected chi connectivity index (χ1v) is 5.27. The van der Waals surface area contributed by atoms with E-state index in [1.165, 1.54) is 0 Å². The molecular formula is C11H14N2O2. The van der Waals surface area contributed by atoms with E-state index in [0.717, 1.165) is 35.7 Å². The second-order valence-corrected chi connectivity index (χ2v) is 3.91. The Hall–Kier alpha value is -1.42. The van der Waals surface area contributed by atoms with Crippen LogP contribution in [0, 0.1) is 0 Å². The van der Waals surface area contributed by atoms with Crippen molar-refractivity contribution in [2.45, 2.75) is 12.5 Å². The molecular weight excluding hydrogens is 192 g/mol. The van der Waals surface area contributed by atoms with E-state index < -0.39 is 0 Å². The lowest BCUT2D eigenvalue weighted by Crippen LogP contribution is -2.23. The van der Waals surface area contributed by atoms with Gasteiger partial charge < -0.3 is 20.5 Å². The molecule has 4 heteroatoms. The fraction of sp³-hybridized carbons (Fsp3) is 0.455. The predicted octanol–water partition coefficient (Wildman–Crippen LogP) is 1.27. The van der Waals surface area contributed by atoms with Gasteiger partial charge in [0.05, 0.1) is 0 Å². The number of ether oxygens (including phenoxy) is 2. The van der Waals surface area contributed by atoms with Gasteiger partial charge in [-0.1, -0.05) is 0 Å². The third-order valence-electron chi connectivity index (χ3n) is 2.88. The minimum Gasteiger partial charge on any atom is -0.486 e. The van der Waals surface area contributed by atoms with Crippen molar-refractivity contribution < 1.29 is 9.47 Å². The zero-order valence-electron chi connectivity index (χ0n) is 8.45. The summed E-state index contributed by atoms with van der Waals surface area (Å²) in [6.07, 6.45) is 0.965. The number of hydrogen-bond acceptors (Lipinski definition) is 4. The second-order valence-electron chi connectivity index (χ2n) is 3.91. The lowest BCUT2D eigenvalue weighted by Gasteiger charge is -2.27. The van der Waals surface area contributed by atoms with Gasteiger partial charge in [-0.25, -0.2) is 0 Å². The van der Waals surface area contributed by atoms with E-state index in [1.807, 2.05) is 12.1 Å². The summed E-state index contributed by atoms with van der Waals surface area (Å²) in [6, 6.07) is 4.10. The topological polar surface area (TPSA) is 56.5 Å². The molecule has 80 valence electrons. The van der Waals surface area contributed by atoms with E-state index in [1.54, 1.807) is 0 Å². The van der Waals surface area contributed by atoms with Gasteiger partial charge in [0.1, 0.15) is 13.2 Å². The van der Waals surface area contributed by atoms with Crippen molar-refractivity contribution >= 4 is 5.69 Å². The fourth-order valence-electron chi connectivity index (χ4n) is 2.08. The number of anilines is 1. The molecule has 2 aliphatic rings. The molecule has 3 N–H and O–H groups in total. The second kappa shape index (κ2) is 3.31. The third kappa shape index (κ3) is 1.41. The van der Waals surface area contributed by atoms with Crippen LogP contribution in [0.2, 0.25) is 0 Å². The minimum atomic E-state index is 0.108. The number of nitrogens with two attached hydrogens (primary N) is 1. The highest BCUT2D eigenvalue weighted by molar-refractivity contribution is 5.63. The van der Waals surface area contributed by atoms with Crippen LogP contribution in [0.4, 0.5) is 5.69 Å². The van der Waals surface area contributed by atoms with Crippen molar-refractivity contribution in [3.8, 4) is 11.5 Å². The molecule has 1 aromatic carbocycles. The largest absolute Gasteiger partial charge is 0.486 e. The highest BCUT2D eigenvalue weighted by Crippen LogP contribution is 2.39. The van der Waals surface area contributed by atoms with E-state index in [0.29, 0.717) is 13.2 Å². The summed E-state index contributed by atoms with van der Waals surface area (Å²) in [5.41, 5.74) is 8.25. The summed E-state index contributed by atoms with van der Waals surface area (Å²) in [7, 11) is 0. The molecule has 2 heterocycles. The summed E-state index contributed by atoms with van der Waals surface area (Å²) in [6.45, 7) is 2.17. The summed E-state index contributed by atoms with van der Waals surface area (Å²) < 4.78 is 11.0.